The Labute approximate surface area is 170 Å². The molecule has 29 heavy (non-hydrogen) atoms. The molecule has 0 aliphatic carbocycles. The molecule has 4 nitrogen and oxygen atoms in total. The number of hydrogen-bond acceptors (Lipinski definition) is 4. The Bertz CT molecular complexity index is 1090. The molecule has 1 fully saturated rings. The highest BCUT2D eigenvalue weighted by atomic mass is 16.3. The van der Waals surface area contributed by atoms with Gasteiger partial charge in [-0.3, -0.25) is 4.79 Å². The first-order valence-electron chi connectivity index (χ1n) is 9.96. The molecular weight excluding hydrogens is 360 g/mol. The van der Waals surface area contributed by atoms with Crippen LogP contribution in [-0.4, -0.2) is 32.0 Å². The number of carbonyl (C=O) groups is 1. The fourth-order valence-corrected chi connectivity index (χ4v) is 3.92. The van der Waals surface area contributed by atoms with Gasteiger partial charge in [0.2, 0.25) is 5.78 Å². The zero-order valence-corrected chi connectivity index (χ0v) is 16.1. The standard InChI is InChI=1S/C25H22N2O2/c28-25(24-18-20-6-4-5-9-23(20)29-24)19-10-12-22(13-11-19)27-16-14-26(15-17-27)21-7-2-1-3-8-21/h1-13,18H,14-17H2. The van der Waals surface area contributed by atoms with E-state index in [1.165, 1.54) is 5.69 Å². The van der Waals surface area contributed by atoms with Gasteiger partial charge in [-0.1, -0.05) is 36.4 Å². The zero-order valence-electron chi connectivity index (χ0n) is 16.1. The van der Waals surface area contributed by atoms with Crippen LogP contribution in [0, 0.1) is 0 Å². The van der Waals surface area contributed by atoms with Crippen LogP contribution in [0.5, 0.6) is 0 Å². The number of piperazine rings is 1. The molecule has 0 radical (unpaired) electrons. The third-order valence-corrected chi connectivity index (χ3v) is 5.54. The summed E-state index contributed by atoms with van der Waals surface area (Å²) in [5.41, 5.74) is 3.82. The van der Waals surface area contributed by atoms with Crippen molar-refractivity contribution in [1.82, 2.24) is 0 Å². The lowest BCUT2D eigenvalue weighted by molar-refractivity contribution is 0.101. The van der Waals surface area contributed by atoms with Crippen molar-refractivity contribution in [1.29, 1.82) is 0 Å². The number of nitrogens with zero attached hydrogens (tertiary/aromatic N) is 2. The molecular formula is C25H22N2O2. The Balaban J connectivity index is 1.27. The van der Waals surface area contributed by atoms with Crippen molar-refractivity contribution in [2.45, 2.75) is 0 Å². The average molecular weight is 382 g/mol. The predicted molar refractivity (Wildman–Crippen MR) is 117 cm³/mol. The summed E-state index contributed by atoms with van der Waals surface area (Å²) in [6.45, 7) is 3.91. The van der Waals surface area contributed by atoms with E-state index in [1.54, 1.807) is 0 Å². The molecule has 0 unspecified atom stereocenters. The quantitative estimate of drug-likeness (QED) is 0.466. The number of rotatable bonds is 4. The Morgan fingerprint density at radius 1 is 0.690 bits per heavy atom. The van der Waals surface area contributed by atoms with Gasteiger partial charge >= 0.3 is 0 Å². The highest BCUT2D eigenvalue weighted by Gasteiger charge is 2.19. The van der Waals surface area contributed by atoms with Gasteiger partial charge in [-0.15, -0.1) is 0 Å². The summed E-state index contributed by atoms with van der Waals surface area (Å²) in [5.74, 6) is 0.303. The summed E-state index contributed by atoms with van der Waals surface area (Å²) in [4.78, 5) is 17.6. The van der Waals surface area contributed by atoms with Crippen LogP contribution < -0.4 is 9.80 Å². The third kappa shape index (κ3) is 3.49. The maximum atomic E-state index is 12.8. The monoisotopic (exact) mass is 382 g/mol. The highest BCUT2D eigenvalue weighted by Crippen LogP contribution is 2.24. The van der Waals surface area contributed by atoms with Gasteiger partial charge in [0.25, 0.3) is 0 Å². The van der Waals surface area contributed by atoms with Crippen molar-refractivity contribution in [2.75, 3.05) is 36.0 Å². The second kappa shape index (κ2) is 7.47. The van der Waals surface area contributed by atoms with Gasteiger partial charge in [0.15, 0.2) is 5.76 Å². The molecule has 0 N–H and O–H groups in total. The first-order valence-corrected chi connectivity index (χ1v) is 9.96. The summed E-state index contributed by atoms with van der Waals surface area (Å²) in [7, 11) is 0. The molecule has 144 valence electrons. The number of carbonyl (C=O) groups excluding carboxylic acids is 1. The van der Waals surface area contributed by atoms with Crippen LogP contribution in [0.25, 0.3) is 11.0 Å². The van der Waals surface area contributed by atoms with Crippen molar-refractivity contribution in [3.8, 4) is 0 Å². The molecule has 0 spiro atoms. The molecule has 2 heterocycles. The number of hydrogen-bond donors (Lipinski definition) is 0. The van der Waals surface area contributed by atoms with E-state index in [0.29, 0.717) is 11.3 Å². The predicted octanol–water partition coefficient (Wildman–Crippen LogP) is 4.99. The van der Waals surface area contributed by atoms with E-state index in [0.717, 1.165) is 42.8 Å². The van der Waals surface area contributed by atoms with Crippen LogP contribution in [0.1, 0.15) is 16.1 Å². The number of para-hydroxylation sites is 2. The molecule has 0 bridgehead atoms. The molecule has 4 aromatic rings. The first kappa shape index (κ1) is 17.6. The van der Waals surface area contributed by atoms with Gasteiger partial charge in [-0.2, -0.15) is 0 Å². The summed E-state index contributed by atoms with van der Waals surface area (Å²) in [6.07, 6.45) is 0. The number of benzene rings is 3. The Kier molecular flexibility index (Phi) is 4.53. The minimum atomic E-state index is -0.0818. The van der Waals surface area contributed by atoms with Crippen LogP contribution in [0.4, 0.5) is 11.4 Å². The van der Waals surface area contributed by atoms with Crippen molar-refractivity contribution < 1.29 is 9.21 Å². The largest absolute Gasteiger partial charge is 0.453 e. The van der Waals surface area contributed by atoms with Gasteiger partial charge in [-0.25, -0.2) is 0 Å². The van der Waals surface area contributed by atoms with Gasteiger partial charge in [0.1, 0.15) is 5.58 Å². The van der Waals surface area contributed by atoms with Crippen molar-refractivity contribution >= 4 is 28.1 Å². The number of fused-ring (bicyclic) bond motifs is 1. The zero-order chi connectivity index (χ0) is 19.6. The number of ketones is 1. The van der Waals surface area contributed by atoms with E-state index in [4.69, 9.17) is 4.42 Å². The van der Waals surface area contributed by atoms with Gasteiger partial charge in [0.05, 0.1) is 0 Å². The lowest BCUT2D eigenvalue weighted by Gasteiger charge is -2.37. The van der Waals surface area contributed by atoms with Crippen LogP contribution in [0.3, 0.4) is 0 Å². The van der Waals surface area contributed by atoms with Crippen molar-refractivity contribution in [3.05, 3.63) is 96.3 Å². The minimum Gasteiger partial charge on any atom is -0.453 e. The van der Waals surface area contributed by atoms with E-state index in [2.05, 4.69) is 34.1 Å². The summed E-state index contributed by atoms with van der Waals surface area (Å²) < 4.78 is 5.72. The molecule has 1 saturated heterocycles. The molecule has 4 heteroatoms. The van der Waals surface area contributed by atoms with Crippen LogP contribution in [0.2, 0.25) is 0 Å². The Hall–Kier alpha value is -3.53. The SMILES string of the molecule is O=C(c1ccc(N2CCN(c3ccccc3)CC2)cc1)c1cc2ccccc2o1. The van der Waals surface area contributed by atoms with E-state index >= 15 is 0 Å². The first-order chi connectivity index (χ1) is 14.3. The highest BCUT2D eigenvalue weighted by molar-refractivity contribution is 6.09. The topological polar surface area (TPSA) is 36.7 Å². The van der Waals surface area contributed by atoms with E-state index in [9.17, 15) is 4.79 Å². The summed E-state index contributed by atoms with van der Waals surface area (Å²) in [5, 5.41) is 0.948. The fraction of sp³-hybridized carbons (Fsp3) is 0.160. The molecule has 1 aliphatic heterocycles. The molecule has 0 atom stereocenters. The van der Waals surface area contributed by atoms with Gasteiger partial charge in [0, 0.05) is 48.5 Å². The molecule has 1 aliphatic rings. The number of anilines is 2. The maximum absolute atomic E-state index is 12.8. The molecule has 1 aromatic heterocycles. The maximum Gasteiger partial charge on any atom is 0.228 e. The van der Waals surface area contributed by atoms with Crippen molar-refractivity contribution in [2.24, 2.45) is 0 Å². The molecule has 0 amide bonds. The fourth-order valence-electron chi connectivity index (χ4n) is 3.92. The number of furan rings is 1. The lowest BCUT2D eigenvalue weighted by Crippen LogP contribution is -2.46. The average Bonchev–Trinajstić information content (AvgIpc) is 3.24. The Morgan fingerprint density at radius 2 is 1.28 bits per heavy atom. The minimum absolute atomic E-state index is 0.0818. The molecule has 5 rings (SSSR count). The van der Waals surface area contributed by atoms with E-state index in [1.807, 2.05) is 60.7 Å². The molecule has 0 saturated carbocycles. The summed E-state index contributed by atoms with van der Waals surface area (Å²) in [6, 6.07) is 27.9. The lowest BCUT2D eigenvalue weighted by atomic mass is 10.1. The van der Waals surface area contributed by atoms with Gasteiger partial charge < -0.3 is 14.2 Å². The summed E-state index contributed by atoms with van der Waals surface area (Å²) >= 11 is 0. The molecule has 3 aromatic carbocycles. The second-order valence-electron chi connectivity index (χ2n) is 7.33. The van der Waals surface area contributed by atoms with Crippen LogP contribution in [0.15, 0.2) is 89.3 Å². The van der Waals surface area contributed by atoms with Crippen LogP contribution in [-0.2, 0) is 0 Å². The van der Waals surface area contributed by atoms with Gasteiger partial charge in [-0.05, 0) is 48.5 Å². The Morgan fingerprint density at radius 3 is 1.93 bits per heavy atom. The van der Waals surface area contributed by atoms with Crippen LogP contribution >= 0.6 is 0 Å². The van der Waals surface area contributed by atoms with E-state index in [-0.39, 0.29) is 5.78 Å². The van der Waals surface area contributed by atoms with Crippen molar-refractivity contribution in [3.63, 3.8) is 0 Å². The third-order valence-electron chi connectivity index (χ3n) is 5.54. The normalized spacial score (nSPS) is 14.3. The second-order valence-corrected chi connectivity index (χ2v) is 7.33. The van der Waals surface area contributed by atoms with E-state index < -0.39 is 0 Å². The smallest absolute Gasteiger partial charge is 0.228 e.